The Morgan fingerprint density at radius 3 is 3.00 bits per heavy atom. The Balaban J connectivity index is 1.83. The number of benzene rings is 1. The molecule has 96 valence electrons. The van der Waals surface area contributed by atoms with Crippen LogP contribution in [-0.2, 0) is 11.2 Å². The van der Waals surface area contributed by atoms with Crippen LogP contribution in [-0.4, -0.2) is 19.0 Å². The van der Waals surface area contributed by atoms with E-state index in [0.717, 1.165) is 31.6 Å². The van der Waals surface area contributed by atoms with Gasteiger partial charge >= 0.3 is 0 Å². The van der Waals surface area contributed by atoms with E-state index in [1.54, 1.807) is 0 Å². The Kier molecular flexibility index (Phi) is 3.06. The third-order valence-electron chi connectivity index (χ3n) is 4.02. The van der Waals surface area contributed by atoms with Crippen LogP contribution in [0.4, 0.5) is 5.69 Å². The summed E-state index contributed by atoms with van der Waals surface area (Å²) in [4.78, 5) is 11.3. The molecule has 2 heterocycles. The zero-order valence-corrected chi connectivity index (χ0v) is 10.4. The van der Waals surface area contributed by atoms with Crippen LogP contribution >= 0.6 is 0 Å². The molecule has 0 bridgehead atoms. The highest BCUT2D eigenvalue weighted by atomic mass is 16.1. The fourth-order valence-corrected chi connectivity index (χ4v) is 2.87. The van der Waals surface area contributed by atoms with Gasteiger partial charge in [0.1, 0.15) is 0 Å². The highest BCUT2D eigenvalue weighted by Crippen LogP contribution is 2.29. The first kappa shape index (κ1) is 11.7. The quantitative estimate of drug-likeness (QED) is 0.733. The van der Waals surface area contributed by atoms with E-state index in [1.807, 2.05) is 12.1 Å². The topological polar surface area (TPSA) is 67.2 Å². The largest absolute Gasteiger partial charge is 0.326 e. The van der Waals surface area contributed by atoms with Gasteiger partial charge in [-0.2, -0.15) is 0 Å². The van der Waals surface area contributed by atoms with E-state index in [-0.39, 0.29) is 11.9 Å². The Hall–Kier alpha value is -1.39. The molecule has 1 aromatic carbocycles. The van der Waals surface area contributed by atoms with Crippen LogP contribution in [0.5, 0.6) is 0 Å². The van der Waals surface area contributed by atoms with Gasteiger partial charge in [0, 0.05) is 18.2 Å². The Morgan fingerprint density at radius 2 is 2.22 bits per heavy atom. The number of nitrogens with one attached hydrogen (secondary N) is 2. The second-order valence-electron chi connectivity index (χ2n) is 5.24. The molecule has 2 unspecified atom stereocenters. The molecule has 0 aromatic heterocycles. The zero-order chi connectivity index (χ0) is 12.5. The summed E-state index contributed by atoms with van der Waals surface area (Å²) in [6.45, 7) is 2.08. The van der Waals surface area contributed by atoms with Crippen LogP contribution in [0.25, 0.3) is 0 Å². The lowest BCUT2D eigenvalue weighted by atomic mass is 9.90. The Labute approximate surface area is 107 Å². The minimum absolute atomic E-state index is 0.0999. The minimum atomic E-state index is 0.0999. The van der Waals surface area contributed by atoms with Crippen LogP contribution in [0.2, 0.25) is 0 Å². The van der Waals surface area contributed by atoms with Crippen molar-refractivity contribution in [3.63, 3.8) is 0 Å². The summed E-state index contributed by atoms with van der Waals surface area (Å²) in [6, 6.07) is 6.30. The Morgan fingerprint density at radius 1 is 1.33 bits per heavy atom. The predicted molar refractivity (Wildman–Crippen MR) is 71.3 cm³/mol. The molecule has 3 rings (SSSR count). The van der Waals surface area contributed by atoms with E-state index in [4.69, 9.17) is 5.73 Å². The van der Waals surface area contributed by atoms with E-state index in [0.29, 0.717) is 12.3 Å². The molecule has 18 heavy (non-hydrogen) atoms. The molecule has 2 aliphatic rings. The lowest BCUT2D eigenvalue weighted by Gasteiger charge is -2.22. The first-order chi connectivity index (χ1) is 8.74. The SMILES string of the molecule is NC(c1ccc2c(c1)CCC(=O)N2)C1CCNC1. The number of fused-ring (bicyclic) bond motifs is 1. The number of nitrogens with two attached hydrogens (primary N) is 1. The molecule has 0 spiro atoms. The van der Waals surface area contributed by atoms with Gasteiger partial charge in [0.05, 0.1) is 0 Å². The van der Waals surface area contributed by atoms with Crippen molar-refractivity contribution in [3.8, 4) is 0 Å². The fourth-order valence-electron chi connectivity index (χ4n) is 2.87. The number of anilines is 1. The molecule has 2 atom stereocenters. The van der Waals surface area contributed by atoms with Gasteiger partial charge < -0.3 is 16.4 Å². The summed E-state index contributed by atoms with van der Waals surface area (Å²) in [5, 5.41) is 6.26. The average Bonchev–Trinajstić information content (AvgIpc) is 2.91. The van der Waals surface area contributed by atoms with E-state index >= 15 is 0 Å². The lowest BCUT2D eigenvalue weighted by molar-refractivity contribution is -0.116. The van der Waals surface area contributed by atoms with Gasteiger partial charge in [-0.15, -0.1) is 0 Å². The third kappa shape index (κ3) is 2.13. The monoisotopic (exact) mass is 245 g/mol. The molecule has 4 N–H and O–H groups in total. The molecule has 0 aliphatic carbocycles. The van der Waals surface area contributed by atoms with Gasteiger partial charge in [-0.3, -0.25) is 4.79 Å². The first-order valence-corrected chi connectivity index (χ1v) is 6.63. The van der Waals surface area contributed by atoms with Crippen molar-refractivity contribution in [2.24, 2.45) is 11.7 Å². The molecule has 1 aromatic rings. The number of hydrogen-bond donors (Lipinski definition) is 3. The maximum atomic E-state index is 11.3. The molecule has 1 saturated heterocycles. The van der Waals surface area contributed by atoms with Crippen LogP contribution in [0.15, 0.2) is 18.2 Å². The molecule has 2 aliphatic heterocycles. The van der Waals surface area contributed by atoms with Gasteiger partial charge in [-0.25, -0.2) is 0 Å². The summed E-state index contributed by atoms with van der Waals surface area (Å²) < 4.78 is 0. The van der Waals surface area contributed by atoms with Crippen LogP contribution < -0.4 is 16.4 Å². The fraction of sp³-hybridized carbons (Fsp3) is 0.500. The first-order valence-electron chi connectivity index (χ1n) is 6.63. The summed E-state index contributed by atoms with van der Waals surface area (Å²) in [7, 11) is 0. The van der Waals surface area contributed by atoms with E-state index in [2.05, 4.69) is 16.7 Å². The van der Waals surface area contributed by atoms with Crippen LogP contribution in [0.1, 0.15) is 30.0 Å². The molecular weight excluding hydrogens is 226 g/mol. The van der Waals surface area contributed by atoms with Gasteiger partial charge in [0.25, 0.3) is 0 Å². The number of hydrogen-bond acceptors (Lipinski definition) is 3. The molecule has 0 radical (unpaired) electrons. The van der Waals surface area contributed by atoms with Crippen molar-refractivity contribution in [1.82, 2.24) is 5.32 Å². The molecular formula is C14H19N3O. The second-order valence-corrected chi connectivity index (χ2v) is 5.24. The van der Waals surface area contributed by atoms with Crippen molar-refractivity contribution in [2.75, 3.05) is 18.4 Å². The van der Waals surface area contributed by atoms with Gasteiger partial charge in [0.15, 0.2) is 0 Å². The molecule has 0 saturated carbocycles. The molecule has 1 amide bonds. The second kappa shape index (κ2) is 4.71. The smallest absolute Gasteiger partial charge is 0.224 e. The summed E-state index contributed by atoms with van der Waals surface area (Å²) in [5.41, 5.74) is 9.69. The number of rotatable bonds is 2. The number of carbonyl (C=O) groups excluding carboxylic acids is 1. The highest BCUT2D eigenvalue weighted by molar-refractivity contribution is 5.93. The maximum Gasteiger partial charge on any atom is 0.224 e. The maximum absolute atomic E-state index is 11.3. The van der Waals surface area contributed by atoms with Gasteiger partial charge in [-0.1, -0.05) is 12.1 Å². The standard InChI is InChI=1S/C14H19N3O/c15-14(11-5-6-16-8-11)10-1-3-12-9(7-10)2-4-13(18)17-12/h1,3,7,11,14,16H,2,4-6,8,15H2,(H,17,18). The van der Waals surface area contributed by atoms with Crippen molar-refractivity contribution in [1.29, 1.82) is 0 Å². The van der Waals surface area contributed by atoms with Crippen molar-refractivity contribution in [3.05, 3.63) is 29.3 Å². The molecule has 4 heteroatoms. The van der Waals surface area contributed by atoms with Crippen LogP contribution in [0.3, 0.4) is 0 Å². The lowest BCUT2D eigenvalue weighted by Crippen LogP contribution is -2.24. The third-order valence-corrected chi connectivity index (χ3v) is 4.02. The zero-order valence-electron chi connectivity index (χ0n) is 10.4. The summed E-state index contributed by atoms with van der Waals surface area (Å²) in [5.74, 6) is 0.640. The van der Waals surface area contributed by atoms with Gasteiger partial charge in [0.2, 0.25) is 5.91 Å². The number of carbonyl (C=O) groups is 1. The van der Waals surface area contributed by atoms with Crippen LogP contribution in [0, 0.1) is 5.92 Å². The van der Waals surface area contributed by atoms with E-state index in [9.17, 15) is 4.79 Å². The van der Waals surface area contributed by atoms with Crippen molar-refractivity contribution >= 4 is 11.6 Å². The molecule has 1 fully saturated rings. The minimum Gasteiger partial charge on any atom is -0.326 e. The average molecular weight is 245 g/mol. The number of aryl methyl sites for hydroxylation is 1. The summed E-state index contributed by atoms with van der Waals surface area (Å²) >= 11 is 0. The van der Waals surface area contributed by atoms with Gasteiger partial charge in [-0.05, 0) is 49.0 Å². The Bertz CT molecular complexity index is 466. The number of amides is 1. The van der Waals surface area contributed by atoms with Crippen molar-refractivity contribution in [2.45, 2.75) is 25.3 Å². The van der Waals surface area contributed by atoms with E-state index < -0.39 is 0 Å². The molecule has 4 nitrogen and oxygen atoms in total. The normalized spacial score (nSPS) is 24.5. The summed E-state index contributed by atoms with van der Waals surface area (Å²) in [6.07, 6.45) is 2.55. The predicted octanol–water partition coefficient (Wildman–Crippen LogP) is 1.18. The van der Waals surface area contributed by atoms with E-state index in [1.165, 1.54) is 11.1 Å². The van der Waals surface area contributed by atoms with Crippen molar-refractivity contribution < 1.29 is 4.79 Å². The highest BCUT2D eigenvalue weighted by Gasteiger charge is 2.24.